The number of rotatable bonds is 7. The van der Waals surface area contributed by atoms with Gasteiger partial charge >= 0.3 is 5.97 Å². The fourth-order valence-corrected chi connectivity index (χ4v) is 5.04. The Hall–Kier alpha value is -2.78. The van der Waals surface area contributed by atoms with Gasteiger partial charge in [-0.05, 0) is 19.1 Å². The molecule has 3 aromatic rings. The van der Waals surface area contributed by atoms with Crippen LogP contribution in [0.4, 0.5) is 0 Å². The van der Waals surface area contributed by atoms with E-state index < -0.39 is 0 Å². The quantitative estimate of drug-likeness (QED) is 0.395. The first-order valence-electron chi connectivity index (χ1n) is 9.80. The van der Waals surface area contributed by atoms with E-state index in [0.29, 0.717) is 35.0 Å². The van der Waals surface area contributed by atoms with Crippen LogP contribution in [0.1, 0.15) is 18.4 Å². The van der Waals surface area contributed by atoms with Gasteiger partial charge < -0.3 is 18.8 Å². The van der Waals surface area contributed by atoms with Crippen LogP contribution in [0.2, 0.25) is 0 Å². The van der Waals surface area contributed by atoms with E-state index in [0.717, 1.165) is 15.1 Å². The van der Waals surface area contributed by atoms with Gasteiger partial charge in [0, 0.05) is 35.7 Å². The van der Waals surface area contributed by atoms with Crippen molar-refractivity contribution in [3.8, 4) is 11.5 Å². The Morgan fingerprint density at radius 3 is 2.65 bits per heavy atom. The van der Waals surface area contributed by atoms with Gasteiger partial charge in [0.15, 0.2) is 16.3 Å². The van der Waals surface area contributed by atoms with E-state index >= 15 is 0 Å². The average Bonchev–Trinajstić information content (AvgIpc) is 3.35. The van der Waals surface area contributed by atoms with Gasteiger partial charge in [-0.25, -0.2) is 0 Å². The summed E-state index contributed by atoms with van der Waals surface area (Å²) in [6.45, 7) is 2.59. The molecule has 0 fully saturated rings. The lowest BCUT2D eigenvalue weighted by Crippen LogP contribution is -2.19. The summed E-state index contributed by atoms with van der Waals surface area (Å²) in [5, 5.41) is 0. The molecule has 2 heterocycles. The standard InChI is InChI=1S/C22H22N2O5S2/c1-14-3-5-15(6-4-14)30-10-8-20(25)23-22-24(9-7-21(26)27-2)16-11-17-18(29-13-28-17)12-19(16)31-22/h3-6,11-12H,7-10,13H2,1-2H3. The number of hydrogen-bond acceptors (Lipinski definition) is 7. The van der Waals surface area contributed by atoms with E-state index in [-0.39, 0.29) is 25.1 Å². The summed E-state index contributed by atoms with van der Waals surface area (Å²) in [5.41, 5.74) is 2.05. The van der Waals surface area contributed by atoms with Gasteiger partial charge in [0.05, 0.1) is 23.7 Å². The number of nitrogens with zero attached hydrogens (tertiary/aromatic N) is 2. The van der Waals surface area contributed by atoms with Gasteiger partial charge in [-0.1, -0.05) is 29.0 Å². The summed E-state index contributed by atoms with van der Waals surface area (Å²) in [6.07, 6.45) is 0.508. The topological polar surface area (TPSA) is 79.1 Å². The highest BCUT2D eigenvalue weighted by Crippen LogP contribution is 2.37. The summed E-state index contributed by atoms with van der Waals surface area (Å²) in [7, 11) is 1.36. The number of ether oxygens (including phenoxy) is 3. The molecule has 0 aliphatic carbocycles. The smallest absolute Gasteiger partial charge is 0.307 e. The molecule has 0 saturated carbocycles. The number of amides is 1. The fraction of sp³-hybridized carbons (Fsp3) is 0.318. The second-order valence-corrected chi connectivity index (χ2v) is 9.13. The number of thiazole rings is 1. The summed E-state index contributed by atoms with van der Waals surface area (Å²) in [4.78, 5) is 30.3. The lowest BCUT2D eigenvalue weighted by atomic mass is 10.2. The highest BCUT2D eigenvalue weighted by Gasteiger charge is 2.18. The number of esters is 1. The Morgan fingerprint density at radius 2 is 1.90 bits per heavy atom. The van der Waals surface area contributed by atoms with Crippen molar-refractivity contribution in [2.24, 2.45) is 4.99 Å². The number of aromatic nitrogens is 1. The monoisotopic (exact) mass is 458 g/mol. The molecule has 0 saturated heterocycles. The van der Waals surface area contributed by atoms with Crippen LogP contribution in [-0.2, 0) is 20.9 Å². The van der Waals surface area contributed by atoms with E-state index in [4.69, 9.17) is 14.2 Å². The Balaban J connectivity index is 1.55. The van der Waals surface area contributed by atoms with Crippen LogP contribution in [-0.4, -0.2) is 36.1 Å². The first-order valence-corrected chi connectivity index (χ1v) is 11.6. The summed E-state index contributed by atoms with van der Waals surface area (Å²) in [5.74, 6) is 1.44. The van der Waals surface area contributed by atoms with Crippen LogP contribution in [0.5, 0.6) is 11.5 Å². The number of benzene rings is 2. The van der Waals surface area contributed by atoms with Gasteiger partial charge in [0.1, 0.15) is 0 Å². The van der Waals surface area contributed by atoms with Crippen molar-refractivity contribution in [3.63, 3.8) is 0 Å². The molecule has 0 bridgehead atoms. The van der Waals surface area contributed by atoms with Crippen LogP contribution < -0.4 is 14.3 Å². The predicted octanol–water partition coefficient (Wildman–Crippen LogP) is 3.91. The molecular weight excluding hydrogens is 436 g/mol. The van der Waals surface area contributed by atoms with E-state index in [9.17, 15) is 9.59 Å². The predicted molar refractivity (Wildman–Crippen MR) is 120 cm³/mol. The normalized spacial score (nSPS) is 13.0. The third kappa shape index (κ3) is 5.11. The Bertz CT molecular complexity index is 1180. The maximum absolute atomic E-state index is 12.6. The third-order valence-corrected chi connectivity index (χ3v) is 6.83. The van der Waals surface area contributed by atoms with Gasteiger partial charge in [-0.2, -0.15) is 4.99 Å². The van der Waals surface area contributed by atoms with Crippen LogP contribution in [0.15, 0.2) is 46.3 Å². The number of methoxy groups -OCH3 is 1. The molecule has 1 aliphatic rings. The molecule has 7 nitrogen and oxygen atoms in total. The van der Waals surface area contributed by atoms with Crippen LogP contribution in [0.3, 0.4) is 0 Å². The number of carbonyl (C=O) groups excluding carboxylic acids is 2. The van der Waals surface area contributed by atoms with Crippen molar-refractivity contribution in [3.05, 3.63) is 46.8 Å². The van der Waals surface area contributed by atoms with Crippen LogP contribution >= 0.6 is 23.1 Å². The van der Waals surface area contributed by atoms with E-state index in [1.165, 1.54) is 24.0 Å². The number of aryl methyl sites for hydroxylation is 2. The zero-order chi connectivity index (χ0) is 21.8. The molecule has 4 rings (SSSR count). The van der Waals surface area contributed by atoms with Crippen molar-refractivity contribution in [1.82, 2.24) is 4.57 Å². The number of hydrogen-bond donors (Lipinski definition) is 0. The SMILES string of the molecule is COC(=O)CCn1c(=NC(=O)CCSc2ccc(C)cc2)sc2cc3c(cc21)OCO3. The third-order valence-electron chi connectivity index (χ3n) is 4.77. The lowest BCUT2D eigenvalue weighted by Gasteiger charge is -2.05. The van der Waals surface area contributed by atoms with Crippen molar-refractivity contribution in [2.75, 3.05) is 19.7 Å². The largest absolute Gasteiger partial charge is 0.469 e. The fourth-order valence-electron chi connectivity index (χ4n) is 3.12. The minimum absolute atomic E-state index is 0.182. The Morgan fingerprint density at radius 1 is 1.16 bits per heavy atom. The Labute approximate surface area is 187 Å². The van der Waals surface area contributed by atoms with Crippen LogP contribution in [0, 0.1) is 6.92 Å². The Kier molecular flexibility index (Phi) is 6.62. The molecule has 9 heteroatoms. The van der Waals surface area contributed by atoms with Crippen molar-refractivity contribution in [2.45, 2.75) is 31.2 Å². The molecule has 0 spiro atoms. The molecule has 1 aromatic heterocycles. The van der Waals surface area contributed by atoms with E-state index in [2.05, 4.69) is 29.3 Å². The summed E-state index contributed by atoms with van der Waals surface area (Å²) >= 11 is 3.02. The summed E-state index contributed by atoms with van der Waals surface area (Å²) in [6, 6.07) is 12.0. The number of carbonyl (C=O) groups is 2. The first kappa shape index (κ1) is 21.5. The molecular formula is C22H22N2O5S2. The molecule has 2 aromatic carbocycles. The van der Waals surface area contributed by atoms with Gasteiger partial charge in [0.2, 0.25) is 12.7 Å². The second kappa shape index (κ2) is 9.57. The molecule has 0 unspecified atom stereocenters. The molecule has 1 amide bonds. The minimum atomic E-state index is -0.320. The van der Waals surface area contributed by atoms with E-state index in [1.807, 2.05) is 23.6 Å². The molecule has 0 radical (unpaired) electrons. The minimum Gasteiger partial charge on any atom is -0.469 e. The first-order chi connectivity index (χ1) is 15.0. The maximum Gasteiger partial charge on any atom is 0.307 e. The molecule has 0 N–H and O–H groups in total. The van der Waals surface area contributed by atoms with Crippen LogP contribution in [0.25, 0.3) is 10.2 Å². The van der Waals surface area contributed by atoms with Crippen molar-refractivity contribution < 1.29 is 23.8 Å². The zero-order valence-electron chi connectivity index (χ0n) is 17.3. The van der Waals surface area contributed by atoms with Crippen molar-refractivity contribution >= 4 is 45.2 Å². The molecule has 0 atom stereocenters. The van der Waals surface area contributed by atoms with Gasteiger partial charge in [-0.15, -0.1) is 11.8 Å². The van der Waals surface area contributed by atoms with E-state index in [1.54, 1.807) is 11.8 Å². The molecule has 31 heavy (non-hydrogen) atoms. The number of thioether (sulfide) groups is 1. The highest BCUT2D eigenvalue weighted by atomic mass is 32.2. The summed E-state index contributed by atoms with van der Waals surface area (Å²) < 4.78 is 18.5. The van der Waals surface area contributed by atoms with Gasteiger partial charge in [-0.3, -0.25) is 9.59 Å². The zero-order valence-corrected chi connectivity index (χ0v) is 18.9. The average molecular weight is 459 g/mol. The molecule has 1 aliphatic heterocycles. The van der Waals surface area contributed by atoms with Gasteiger partial charge in [0.25, 0.3) is 0 Å². The van der Waals surface area contributed by atoms with Crippen molar-refractivity contribution in [1.29, 1.82) is 0 Å². The maximum atomic E-state index is 12.6. The lowest BCUT2D eigenvalue weighted by molar-refractivity contribution is -0.140. The number of fused-ring (bicyclic) bond motifs is 2. The second-order valence-electron chi connectivity index (χ2n) is 6.95. The highest BCUT2D eigenvalue weighted by molar-refractivity contribution is 7.99. The molecule has 162 valence electrons.